The van der Waals surface area contributed by atoms with Gasteiger partial charge in [0.1, 0.15) is 0 Å². The van der Waals surface area contributed by atoms with Gasteiger partial charge in [-0.1, -0.05) is 29.8 Å². The van der Waals surface area contributed by atoms with E-state index in [1.54, 1.807) is 5.57 Å². The number of aliphatic hydroxyl groups is 1. The molecule has 2 aromatic rings. The number of benzene rings is 1. The van der Waals surface area contributed by atoms with E-state index in [0.717, 1.165) is 13.0 Å². The van der Waals surface area contributed by atoms with Crippen LogP contribution in [0.3, 0.4) is 0 Å². The molecule has 5 heterocycles. The van der Waals surface area contributed by atoms with E-state index in [9.17, 15) is 5.11 Å². The Morgan fingerprint density at radius 2 is 2.13 bits per heavy atom. The van der Waals surface area contributed by atoms with Crippen molar-refractivity contribution in [1.29, 1.82) is 0 Å². The second-order valence-electron chi connectivity index (χ2n) is 7.45. The monoisotopic (exact) mass is 308 g/mol. The van der Waals surface area contributed by atoms with E-state index in [-0.39, 0.29) is 0 Å². The van der Waals surface area contributed by atoms with Crippen LogP contribution in [0.25, 0.3) is 10.9 Å². The van der Waals surface area contributed by atoms with E-state index in [1.807, 2.05) is 0 Å². The van der Waals surface area contributed by atoms with Crippen molar-refractivity contribution in [2.45, 2.75) is 31.8 Å². The van der Waals surface area contributed by atoms with E-state index >= 15 is 0 Å². The van der Waals surface area contributed by atoms with Gasteiger partial charge in [0.2, 0.25) is 0 Å². The molecule has 5 atom stereocenters. The molecule has 0 saturated carbocycles. The molecule has 0 spiro atoms. The summed E-state index contributed by atoms with van der Waals surface area (Å²) in [5, 5.41) is 11.5. The van der Waals surface area contributed by atoms with Crippen LogP contribution in [-0.4, -0.2) is 33.8 Å². The van der Waals surface area contributed by atoms with Gasteiger partial charge < -0.3 is 9.67 Å². The van der Waals surface area contributed by atoms with Crippen molar-refractivity contribution in [3.8, 4) is 0 Å². The first-order valence-electron chi connectivity index (χ1n) is 8.82. The lowest BCUT2D eigenvalue weighted by Gasteiger charge is -2.58. The summed E-state index contributed by atoms with van der Waals surface area (Å²) in [7, 11) is 2.23. The molecule has 23 heavy (non-hydrogen) atoms. The number of aliphatic hydroxyl groups excluding tert-OH is 1. The number of nitrogens with zero attached hydrogens (tertiary/aromatic N) is 2. The molecule has 4 bridgehead atoms. The highest BCUT2D eigenvalue weighted by Gasteiger charge is 2.52. The summed E-state index contributed by atoms with van der Waals surface area (Å²) in [6.45, 7) is 3.56. The zero-order valence-electron chi connectivity index (χ0n) is 13.9. The van der Waals surface area contributed by atoms with Crippen molar-refractivity contribution in [3.05, 3.63) is 47.2 Å². The number of hydrogen-bond donors (Lipinski definition) is 1. The maximum Gasteiger partial charge on any atom is 0.0515 e. The second kappa shape index (κ2) is 4.71. The van der Waals surface area contributed by atoms with Crippen molar-refractivity contribution in [3.63, 3.8) is 0 Å². The Hall–Kier alpha value is -1.58. The van der Waals surface area contributed by atoms with E-state index in [1.165, 1.54) is 28.6 Å². The topological polar surface area (TPSA) is 28.4 Å². The third-order valence-electron chi connectivity index (χ3n) is 6.73. The fourth-order valence-corrected chi connectivity index (χ4v) is 5.71. The van der Waals surface area contributed by atoms with Gasteiger partial charge in [-0.2, -0.15) is 0 Å². The van der Waals surface area contributed by atoms with E-state index < -0.39 is 0 Å². The van der Waals surface area contributed by atoms with Crippen molar-refractivity contribution >= 4 is 10.9 Å². The largest absolute Gasteiger partial charge is 0.396 e. The summed E-state index contributed by atoms with van der Waals surface area (Å²) in [6.07, 6.45) is 4.54. The fourth-order valence-electron chi connectivity index (χ4n) is 5.71. The average Bonchev–Trinajstić information content (AvgIpc) is 2.87. The number of aromatic nitrogens is 1. The van der Waals surface area contributed by atoms with Crippen LogP contribution >= 0.6 is 0 Å². The van der Waals surface area contributed by atoms with Gasteiger partial charge in [0.15, 0.2) is 0 Å². The lowest BCUT2D eigenvalue weighted by molar-refractivity contribution is -0.0513. The van der Waals surface area contributed by atoms with Crippen LogP contribution in [0.1, 0.15) is 30.6 Å². The number of piperidine rings is 3. The molecule has 1 N–H and O–H groups in total. The van der Waals surface area contributed by atoms with E-state index in [0.29, 0.717) is 30.5 Å². The van der Waals surface area contributed by atoms with Gasteiger partial charge in [-0.25, -0.2) is 0 Å². The van der Waals surface area contributed by atoms with Gasteiger partial charge in [0.05, 0.1) is 6.04 Å². The molecule has 120 valence electrons. The summed E-state index contributed by atoms with van der Waals surface area (Å²) in [4.78, 5) is 2.68. The molecule has 0 radical (unpaired) electrons. The standard InChI is InChI=1S/C20H24N2O/c1-3-12-10-22-18-9-15-13-6-4-5-7-17(13)21(2)20(15)19(22)8-14(12)16(18)11-23/h3-7,14,16,18-19,23H,8-11H2,1-2H3. The van der Waals surface area contributed by atoms with Gasteiger partial charge in [0, 0.05) is 48.8 Å². The van der Waals surface area contributed by atoms with Crippen LogP contribution in [0.15, 0.2) is 35.9 Å². The summed E-state index contributed by atoms with van der Waals surface area (Å²) in [6, 6.07) is 9.84. The van der Waals surface area contributed by atoms with Gasteiger partial charge in [-0.05, 0) is 37.3 Å². The summed E-state index contributed by atoms with van der Waals surface area (Å²) >= 11 is 0. The first-order chi connectivity index (χ1) is 11.2. The fraction of sp³-hybridized carbons (Fsp3) is 0.500. The van der Waals surface area contributed by atoms with Crippen LogP contribution in [0.4, 0.5) is 0 Å². The number of aryl methyl sites for hydroxylation is 1. The Morgan fingerprint density at radius 1 is 1.30 bits per heavy atom. The molecule has 6 rings (SSSR count). The minimum Gasteiger partial charge on any atom is -0.396 e. The molecule has 3 nitrogen and oxygen atoms in total. The minimum atomic E-state index is 0.315. The average molecular weight is 308 g/mol. The number of hydrogen-bond acceptors (Lipinski definition) is 2. The molecule has 4 aliphatic heterocycles. The Labute approximate surface area is 137 Å². The molecular weight excluding hydrogens is 284 g/mol. The van der Waals surface area contributed by atoms with Crippen LogP contribution in [0, 0.1) is 11.8 Å². The molecule has 4 aliphatic rings. The highest BCUT2D eigenvalue weighted by Crippen LogP contribution is 2.54. The predicted molar refractivity (Wildman–Crippen MR) is 92.3 cm³/mol. The maximum absolute atomic E-state index is 10.0. The molecule has 3 heteroatoms. The lowest BCUT2D eigenvalue weighted by Crippen LogP contribution is -2.61. The summed E-state index contributed by atoms with van der Waals surface area (Å²) in [5.41, 5.74) is 5.96. The second-order valence-corrected chi connectivity index (χ2v) is 7.45. The van der Waals surface area contributed by atoms with E-state index in [4.69, 9.17) is 0 Å². The van der Waals surface area contributed by atoms with Crippen LogP contribution < -0.4 is 0 Å². The summed E-state index contributed by atoms with van der Waals surface area (Å²) in [5.74, 6) is 0.967. The first kappa shape index (κ1) is 13.8. The zero-order valence-corrected chi connectivity index (χ0v) is 13.9. The third-order valence-corrected chi connectivity index (χ3v) is 6.73. The molecule has 3 fully saturated rings. The highest BCUT2D eigenvalue weighted by molar-refractivity contribution is 5.86. The van der Waals surface area contributed by atoms with Crippen LogP contribution in [0.5, 0.6) is 0 Å². The number of para-hydroxylation sites is 1. The minimum absolute atomic E-state index is 0.315. The Morgan fingerprint density at radius 3 is 2.91 bits per heavy atom. The molecule has 1 aromatic carbocycles. The Balaban J connectivity index is 1.72. The Kier molecular flexibility index (Phi) is 2.83. The molecular formula is C20H24N2O. The van der Waals surface area contributed by atoms with Crippen LogP contribution in [-0.2, 0) is 13.5 Å². The molecule has 5 unspecified atom stereocenters. The Bertz CT molecular complexity index is 818. The quantitative estimate of drug-likeness (QED) is 0.820. The molecule has 1 aromatic heterocycles. The predicted octanol–water partition coefficient (Wildman–Crippen LogP) is 3.03. The normalized spacial score (nSPS) is 36.7. The summed E-state index contributed by atoms with van der Waals surface area (Å²) < 4.78 is 2.43. The SMILES string of the molecule is CC=C1CN2C3CC1C(CO)C2Cc1c3n(C)c2ccccc12. The van der Waals surface area contributed by atoms with Gasteiger partial charge in [-0.15, -0.1) is 0 Å². The first-order valence-corrected chi connectivity index (χ1v) is 8.82. The van der Waals surface area contributed by atoms with Gasteiger partial charge in [0.25, 0.3) is 0 Å². The van der Waals surface area contributed by atoms with Gasteiger partial charge in [-0.3, -0.25) is 4.90 Å². The van der Waals surface area contributed by atoms with Crippen molar-refractivity contribution in [2.24, 2.45) is 18.9 Å². The maximum atomic E-state index is 10.0. The third kappa shape index (κ3) is 1.62. The smallest absolute Gasteiger partial charge is 0.0515 e. The molecule has 0 aliphatic carbocycles. The number of allylic oxidation sites excluding steroid dienone is 1. The molecule has 0 amide bonds. The zero-order chi connectivity index (χ0) is 15.7. The van der Waals surface area contributed by atoms with Crippen molar-refractivity contribution in [2.75, 3.05) is 13.2 Å². The molecule has 3 saturated heterocycles. The number of fused-ring (bicyclic) bond motifs is 4. The lowest BCUT2D eigenvalue weighted by atomic mass is 9.64. The number of rotatable bonds is 1. The van der Waals surface area contributed by atoms with Crippen LogP contribution in [0.2, 0.25) is 0 Å². The van der Waals surface area contributed by atoms with E-state index in [2.05, 4.69) is 53.8 Å². The highest BCUT2D eigenvalue weighted by atomic mass is 16.3. The van der Waals surface area contributed by atoms with Crippen molar-refractivity contribution in [1.82, 2.24) is 9.47 Å². The van der Waals surface area contributed by atoms with Crippen molar-refractivity contribution < 1.29 is 5.11 Å². The van der Waals surface area contributed by atoms with Gasteiger partial charge >= 0.3 is 0 Å².